The number of aromatic nitrogens is 2. The molecule has 1 amide bonds. The maximum absolute atomic E-state index is 12.4. The monoisotopic (exact) mass is 295 g/mol. The van der Waals surface area contributed by atoms with Crippen LogP contribution in [-0.4, -0.2) is 44.7 Å². The van der Waals surface area contributed by atoms with Crippen LogP contribution in [-0.2, 0) is 4.74 Å². The van der Waals surface area contributed by atoms with E-state index in [1.54, 1.807) is 5.38 Å². The van der Waals surface area contributed by atoms with E-state index in [-0.39, 0.29) is 17.1 Å². The Hall–Kier alpha value is -1.01. The van der Waals surface area contributed by atoms with E-state index in [4.69, 9.17) is 4.74 Å². The van der Waals surface area contributed by atoms with Gasteiger partial charge in [-0.25, -0.2) is 0 Å². The van der Waals surface area contributed by atoms with E-state index in [0.717, 1.165) is 32.4 Å². The van der Waals surface area contributed by atoms with Gasteiger partial charge >= 0.3 is 0 Å². The Kier molecular flexibility index (Phi) is 3.33. The smallest absolute Gasteiger partial charge is 0.275 e. The van der Waals surface area contributed by atoms with Gasteiger partial charge in [-0.2, -0.15) is 0 Å². The summed E-state index contributed by atoms with van der Waals surface area (Å²) in [4.78, 5) is 14.3. The summed E-state index contributed by atoms with van der Waals surface area (Å²) >= 11 is 1.22. The molecule has 0 unspecified atom stereocenters. The summed E-state index contributed by atoms with van der Waals surface area (Å²) in [5.74, 6) is 0.422. The number of hydrogen-bond donors (Lipinski definition) is 0. The van der Waals surface area contributed by atoms with Gasteiger partial charge in [0.1, 0.15) is 0 Å². The lowest BCUT2D eigenvalue weighted by Crippen LogP contribution is -2.58. The van der Waals surface area contributed by atoms with Crippen LogP contribution >= 0.6 is 11.5 Å². The minimum Gasteiger partial charge on any atom is -0.369 e. The Morgan fingerprint density at radius 3 is 2.95 bits per heavy atom. The van der Waals surface area contributed by atoms with Gasteiger partial charge in [0.2, 0.25) is 0 Å². The fraction of sp³-hybridized carbons (Fsp3) is 0.786. The van der Waals surface area contributed by atoms with Gasteiger partial charge in [0, 0.05) is 24.4 Å². The van der Waals surface area contributed by atoms with E-state index in [9.17, 15) is 4.79 Å². The molecule has 0 aliphatic carbocycles. The Morgan fingerprint density at radius 1 is 1.45 bits per heavy atom. The largest absolute Gasteiger partial charge is 0.369 e. The Morgan fingerprint density at radius 2 is 2.25 bits per heavy atom. The molecule has 3 rings (SSSR count). The molecule has 0 radical (unpaired) electrons. The summed E-state index contributed by atoms with van der Waals surface area (Å²) in [5, 5.41) is 5.60. The van der Waals surface area contributed by atoms with Gasteiger partial charge in [-0.3, -0.25) is 4.79 Å². The zero-order chi connectivity index (χ0) is 14.4. The first kappa shape index (κ1) is 13.9. The second-order valence-electron chi connectivity index (χ2n) is 6.70. The third-order valence-corrected chi connectivity index (χ3v) is 5.16. The molecule has 2 atom stereocenters. The Bertz CT molecular complexity index is 503. The normalized spacial score (nSPS) is 32.8. The number of carbonyl (C=O) groups is 1. The zero-order valence-corrected chi connectivity index (χ0v) is 13.1. The molecule has 0 N–H and O–H groups in total. The number of fused-ring (bicyclic) bond motifs is 1. The van der Waals surface area contributed by atoms with Crippen molar-refractivity contribution in [3.05, 3.63) is 11.1 Å². The van der Waals surface area contributed by atoms with Gasteiger partial charge < -0.3 is 9.64 Å². The minimum absolute atomic E-state index is 0.00522. The average molecular weight is 295 g/mol. The molecule has 2 aliphatic rings. The molecule has 2 saturated heterocycles. The molecular formula is C14H21N3O2S. The molecule has 1 aromatic rings. The second kappa shape index (κ2) is 4.77. The molecule has 0 saturated carbocycles. The molecule has 0 aromatic carbocycles. The van der Waals surface area contributed by atoms with Gasteiger partial charge in [0.25, 0.3) is 5.91 Å². The molecule has 5 nitrogen and oxygen atoms in total. The predicted octanol–water partition coefficient (Wildman–Crippen LogP) is 2.35. The number of rotatable bonds is 1. The van der Waals surface area contributed by atoms with Crippen LogP contribution in [0.25, 0.3) is 0 Å². The summed E-state index contributed by atoms with van der Waals surface area (Å²) in [6, 6.07) is 0. The van der Waals surface area contributed by atoms with Crippen LogP contribution in [0.15, 0.2) is 5.38 Å². The van der Waals surface area contributed by atoms with Crippen LogP contribution in [0.1, 0.15) is 50.5 Å². The van der Waals surface area contributed by atoms with Crippen LogP contribution in [0.2, 0.25) is 0 Å². The number of likely N-dealkylation sites (tertiary alicyclic amines) is 1. The van der Waals surface area contributed by atoms with Crippen molar-refractivity contribution in [3.8, 4) is 0 Å². The fourth-order valence-corrected chi connectivity index (χ4v) is 3.88. The summed E-state index contributed by atoms with van der Waals surface area (Å²) in [5.41, 5.74) is 0.324. The molecule has 2 aliphatic heterocycles. The van der Waals surface area contributed by atoms with Crippen molar-refractivity contribution < 1.29 is 9.53 Å². The van der Waals surface area contributed by atoms with Crippen molar-refractivity contribution in [2.45, 2.75) is 51.2 Å². The van der Waals surface area contributed by atoms with Gasteiger partial charge in [-0.1, -0.05) is 4.49 Å². The highest BCUT2D eigenvalue weighted by Gasteiger charge is 2.48. The van der Waals surface area contributed by atoms with Crippen LogP contribution < -0.4 is 0 Å². The number of carbonyl (C=O) groups excluding carboxylic acids is 1. The first-order valence-corrected chi connectivity index (χ1v) is 8.00. The van der Waals surface area contributed by atoms with Gasteiger partial charge in [-0.05, 0) is 51.6 Å². The van der Waals surface area contributed by atoms with Crippen LogP contribution in [0.5, 0.6) is 0 Å². The van der Waals surface area contributed by atoms with Gasteiger partial charge in [-0.15, -0.1) is 5.10 Å². The van der Waals surface area contributed by atoms with E-state index >= 15 is 0 Å². The van der Waals surface area contributed by atoms with E-state index in [1.807, 2.05) is 4.90 Å². The highest BCUT2D eigenvalue weighted by molar-refractivity contribution is 7.03. The van der Waals surface area contributed by atoms with Crippen molar-refractivity contribution in [1.82, 2.24) is 14.5 Å². The lowest BCUT2D eigenvalue weighted by atomic mass is 9.74. The van der Waals surface area contributed by atoms with Crippen LogP contribution in [0.4, 0.5) is 0 Å². The molecule has 2 fully saturated rings. The van der Waals surface area contributed by atoms with E-state index in [0.29, 0.717) is 11.6 Å². The SMILES string of the molecule is CC1(C)CC[C@H]2CN(C(=O)c3csnn3)CC[C@@]2(C)O1. The van der Waals surface area contributed by atoms with Crippen molar-refractivity contribution >= 4 is 17.4 Å². The highest BCUT2D eigenvalue weighted by atomic mass is 32.1. The number of ether oxygens (including phenoxy) is 1. The third-order valence-electron chi connectivity index (χ3n) is 4.65. The average Bonchev–Trinajstić information content (AvgIpc) is 2.89. The van der Waals surface area contributed by atoms with Crippen molar-refractivity contribution in [1.29, 1.82) is 0 Å². The summed E-state index contributed by atoms with van der Waals surface area (Å²) in [6.07, 6.45) is 3.06. The predicted molar refractivity (Wildman–Crippen MR) is 76.7 cm³/mol. The maximum Gasteiger partial charge on any atom is 0.275 e. The van der Waals surface area contributed by atoms with Crippen molar-refractivity contribution in [2.24, 2.45) is 5.92 Å². The molecule has 6 heteroatoms. The molecule has 0 spiro atoms. The van der Waals surface area contributed by atoms with Crippen molar-refractivity contribution in [2.75, 3.05) is 13.1 Å². The van der Waals surface area contributed by atoms with E-state index < -0.39 is 0 Å². The van der Waals surface area contributed by atoms with Gasteiger partial charge in [0.15, 0.2) is 5.69 Å². The maximum atomic E-state index is 12.4. The second-order valence-corrected chi connectivity index (χ2v) is 7.31. The van der Waals surface area contributed by atoms with Crippen LogP contribution in [0.3, 0.4) is 0 Å². The first-order valence-electron chi connectivity index (χ1n) is 7.16. The quantitative estimate of drug-likeness (QED) is 0.798. The minimum atomic E-state index is -0.0984. The molecule has 20 heavy (non-hydrogen) atoms. The lowest BCUT2D eigenvalue weighted by Gasteiger charge is -2.53. The third kappa shape index (κ3) is 2.46. The summed E-state index contributed by atoms with van der Waals surface area (Å²) in [7, 11) is 0. The molecule has 110 valence electrons. The number of amides is 1. The topological polar surface area (TPSA) is 55.3 Å². The standard InChI is InChI=1S/C14H21N3O2S/c1-13(2)5-4-10-8-17(7-6-14(10,3)19-13)12(18)11-9-20-16-15-11/h9-10H,4-8H2,1-3H3/t10-,14+/m0/s1. The van der Waals surface area contributed by atoms with Gasteiger partial charge in [0.05, 0.1) is 11.2 Å². The highest BCUT2D eigenvalue weighted by Crippen LogP contribution is 2.44. The number of piperidine rings is 1. The summed E-state index contributed by atoms with van der Waals surface area (Å²) < 4.78 is 10.1. The Balaban J connectivity index is 1.72. The lowest BCUT2D eigenvalue weighted by molar-refractivity contribution is -0.210. The zero-order valence-electron chi connectivity index (χ0n) is 12.3. The molecule has 3 heterocycles. The molecule has 0 bridgehead atoms. The first-order chi connectivity index (χ1) is 9.40. The van der Waals surface area contributed by atoms with E-state index in [2.05, 4.69) is 30.4 Å². The fourth-order valence-electron chi connectivity index (χ4n) is 3.45. The number of hydrogen-bond acceptors (Lipinski definition) is 5. The summed E-state index contributed by atoms with van der Waals surface area (Å²) in [6.45, 7) is 8.02. The molecular weight excluding hydrogens is 274 g/mol. The Labute approximate surface area is 123 Å². The van der Waals surface area contributed by atoms with Crippen LogP contribution in [0, 0.1) is 5.92 Å². The number of nitrogens with zero attached hydrogens (tertiary/aromatic N) is 3. The van der Waals surface area contributed by atoms with E-state index in [1.165, 1.54) is 11.5 Å². The molecule has 1 aromatic heterocycles. The van der Waals surface area contributed by atoms with Crippen molar-refractivity contribution in [3.63, 3.8) is 0 Å².